The van der Waals surface area contributed by atoms with E-state index in [1.807, 2.05) is 60.7 Å². The summed E-state index contributed by atoms with van der Waals surface area (Å²) in [5.74, 6) is -0.977. The fourth-order valence-electron chi connectivity index (χ4n) is 3.10. The summed E-state index contributed by atoms with van der Waals surface area (Å²) in [5.41, 5.74) is 3.41. The van der Waals surface area contributed by atoms with E-state index in [4.69, 9.17) is 9.47 Å². The number of hydrogen-bond donors (Lipinski definition) is 0. The monoisotopic (exact) mass is 389 g/mol. The second-order valence-corrected chi connectivity index (χ2v) is 6.35. The summed E-state index contributed by atoms with van der Waals surface area (Å²) in [4.78, 5) is 29.8. The normalized spacial score (nSPS) is 10.4. The van der Waals surface area contributed by atoms with E-state index in [0.717, 1.165) is 11.1 Å². The van der Waals surface area contributed by atoms with Crippen molar-refractivity contribution in [2.75, 3.05) is 13.2 Å². The molecule has 1 aromatic heterocycles. The van der Waals surface area contributed by atoms with Crippen molar-refractivity contribution in [1.82, 2.24) is 4.98 Å². The van der Waals surface area contributed by atoms with Gasteiger partial charge in [-0.05, 0) is 31.0 Å². The van der Waals surface area contributed by atoms with Crippen LogP contribution in [0.15, 0.2) is 66.7 Å². The van der Waals surface area contributed by atoms with Crippen LogP contribution in [0.2, 0.25) is 0 Å². The molecule has 0 amide bonds. The highest BCUT2D eigenvalue weighted by atomic mass is 16.5. The molecule has 0 bridgehead atoms. The fraction of sp³-hybridized carbons (Fsp3) is 0.208. The van der Waals surface area contributed by atoms with Gasteiger partial charge in [-0.25, -0.2) is 14.6 Å². The Labute approximate surface area is 170 Å². The van der Waals surface area contributed by atoms with Gasteiger partial charge in [0.2, 0.25) is 0 Å². The van der Waals surface area contributed by atoms with E-state index >= 15 is 0 Å². The van der Waals surface area contributed by atoms with Crippen LogP contribution in [0.4, 0.5) is 0 Å². The van der Waals surface area contributed by atoms with Crippen molar-refractivity contribution < 1.29 is 19.1 Å². The molecule has 5 heteroatoms. The maximum absolute atomic E-state index is 12.9. The molecular weight excluding hydrogens is 366 g/mol. The van der Waals surface area contributed by atoms with E-state index in [1.54, 1.807) is 19.9 Å². The van der Waals surface area contributed by atoms with Crippen molar-refractivity contribution in [3.05, 3.63) is 89.2 Å². The smallest absolute Gasteiger partial charge is 0.356 e. The number of ether oxygens (including phenoxy) is 2. The molecule has 0 aliphatic heterocycles. The number of rotatable bonds is 7. The van der Waals surface area contributed by atoms with Gasteiger partial charge in [0.1, 0.15) is 5.69 Å². The van der Waals surface area contributed by atoms with Crippen LogP contribution < -0.4 is 0 Å². The predicted octanol–water partition coefficient (Wildman–Crippen LogP) is 4.69. The number of carbonyl (C=O) groups excluding carboxylic acids is 2. The van der Waals surface area contributed by atoms with E-state index in [2.05, 4.69) is 4.98 Å². The Morgan fingerprint density at radius 2 is 1.41 bits per heavy atom. The first-order valence-corrected chi connectivity index (χ1v) is 9.61. The molecule has 0 saturated carbocycles. The third kappa shape index (κ3) is 4.88. The molecule has 3 rings (SSSR count). The van der Waals surface area contributed by atoms with Gasteiger partial charge >= 0.3 is 11.9 Å². The second kappa shape index (κ2) is 9.64. The van der Waals surface area contributed by atoms with Crippen molar-refractivity contribution in [3.8, 4) is 11.1 Å². The molecule has 2 aromatic carbocycles. The average molecular weight is 389 g/mol. The fourth-order valence-corrected chi connectivity index (χ4v) is 3.10. The van der Waals surface area contributed by atoms with Gasteiger partial charge in [-0.3, -0.25) is 0 Å². The first-order valence-electron chi connectivity index (χ1n) is 9.61. The molecule has 29 heavy (non-hydrogen) atoms. The third-order valence-corrected chi connectivity index (χ3v) is 4.36. The van der Waals surface area contributed by atoms with Crippen LogP contribution in [0.5, 0.6) is 0 Å². The minimum atomic E-state index is -0.519. The zero-order valence-electron chi connectivity index (χ0n) is 16.6. The molecule has 148 valence electrons. The quantitative estimate of drug-likeness (QED) is 0.548. The van der Waals surface area contributed by atoms with Crippen LogP contribution in [-0.4, -0.2) is 30.1 Å². The van der Waals surface area contributed by atoms with Gasteiger partial charge in [0.25, 0.3) is 0 Å². The standard InChI is InChI=1S/C24H23NO4/c1-3-28-23(26)21-16-19(18-13-9-6-10-14-18)22(24(27)29-4-2)20(25-21)15-17-11-7-5-8-12-17/h5-14,16H,3-4,15H2,1-2H3. The Bertz CT molecular complexity index is 985. The van der Waals surface area contributed by atoms with Gasteiger partial charge in [-0.2, -0.15) is 0 Å². The van der Waals surface area contributed by atoms with Crippen molar-refractivity contribution in [2.24, 2.45) is 0 Å². The van der Waals surface area contributed by atoms with Crippen LogP contribution in [0.25, 0.3) is 11.1 Å². The van der Waals surface area contributed by atoms with Gasteiger partial charge < -0.3 is 9.47 Å². The molecule has 0 aliphatic rings. The van der Waals surface area contributed by atoms with E-state index in [9.17, 15) is 9.59 Å². The van der Waals surface area contributed by atoms with Crippen LogP contribution >= 0.6 is 0 Å². The highest BCUT2D eigenvalue weighted by Gasteiger charge is 2.24. The molecule has 0 unspecified atom stereocenters. The van der Waals surface area contributed by atoms with E-state index in [0.29, 0.717) is 23.2 Å². The highest BCUT2D eigenvalue weighted by Crippen LogP contribution is 2.29. The number of aromatic nitrogens is 1. The minimum absolute atomic E-state index is 0.171. The Morgan fingerprint density at radius 1 is 0.828 bits per heavy atom. The minimum Gasteiger partial charge on any atom is -0.462 e. The Morgan fingerprint density at radius 3 is 2.03 bits per heavy atom. The summed E-state index contributed by atoms with van der Waals surface area (Å²) in [7, 11) is 0. The van der Waals surface area contributed by atoms with Gasteiger partial charge in [0, 0.05) is 12.0 Å². The van der Waals surface area contributed by atoms with E-state index in [1.165, 1.54) is 0 Å². The molecule has 0 N–H and O–H groups in total. The molecule has 1 heterocycles. The van der Waals surface area contributed by atoms with Gasteiger partial charge in [-0.1, -0.05) is 60.7 Å². The lowest BCUT2D eigenvalue weighted by atomic mass is 9.95. The Balaban J connectivity index is 2.22. The van der Waals surface area contributed by atoms with Gasteiger partial charge in [0.05, 0.1) is 24.5 Å². The maximum Gasteiger partial charge on any atom is 0.356 e. The van der Waals surface area contributed by atoms with Crippen molar-refractivity contribution in [1.29, 1.82) is 0 Å². The number of pyridine rings is 1. The number of hydrogen-bond acceptors (Lipinski definition) is 5. The van der Waals surface area contributed by atoms with Crippen LogP contribution in [-0.2, 0) is 15.9 Å². The zero-order valence-corrected chi connectivity index (χ0v) is 16.6. The third-order valence-electron chi connectivity index (χ3n) is 4.36. The summed E-state index contributed by atoms with van der Waals surface area (Å²) in [6.07, 6.45) is 0.391. The molecular formula is C24H23NO4. The molecule has 5 nitrogen and oxygen atoms in total. The van der Waals surface area contributed by atoms with Crippen LogP contribution in [0, 0.1) is 0 Å². The van der Waals surface area contributed by atoms with Crippen molar-refractivity contribution >= 4 is 11.9 Å². The van der Waals surface area contributed by atoms with Crippen molar-refractivity contribution in [2.45, 2.75) is 20.3 Å². The SMILES string of the molecule is CCOC(=O)c1cc(-c2ccccc2)c(C(=O)OCC)c(Cc2ccccc2)n1. The van der Waals surface area contributed by atoms with Crippen LogP contribution in [0.1, 0.15) is 46.0 Å². The first kappa shape index (κ1) is 20.3. The summed E-state index contributed by atoms with van der Waals surface area (Å²) in [6, 6.07) is 20.7. The number of nitrogens with zero attached hydrogens (tertiary/aromatic N) is 1. The summed E-state index contributed by atoms with van der Waals surface area (Å²) >= 11 is 0. The first-order chi connectivity index (χ1) is 14.1. The van der Waals surface area contributed by atoms with Crippen molar-refractivity contribution in [3.63, 3.8) is 0 Å². The zero-order chi connectivity index (χ0) is 20.6. The molecule has 3 aromatic rings. The second-order valence-electron chi connectivity index (χ2n) is 6.35. The Kier molecular flexibility index (Phi) is 6.74. The topological polar surface area (TPSA) is 65.5 Å². The average Bonchev–Trinajstić information content (AvgIpc) is 2.75. The lowest BCUT2D eigenvalue weighted by Crippen LogP contribution is -2.16. The molecule has 0 radical (unpaired) electrons. The van der Waals surface area contributed by atoms with E-state index in [-0.39, 0.29) is 18.9 Å². The Hall–Kier alpha value is -3.47. The summed E-state index contributed by atoms with van der Waals surface area (Å²) in [6.45, 7) is 4.00. The van der Waals surface area contributed by atoms with Gasteiger partial charge in [0.15, 0.2) is 0 Å². The maximum atomic E-state index is 12.9. The number of benzene rings is 2. The lowest BCUT2D eigenvalue weighted by Gasteiger charge is -2.16. The predicted molar refractivity (Wildman–Crippen MR) is 111 cm³/mol. The largest absolute Gasteiger partial charge is 0.462 e. The van der Waals surface area contributed by atoms with Crippen LogP contribution in [0.3, 0.4) is 0 Å². The summed E-state index contributed by atoms with van der Waals surface area (Å²) < 4.78 is 10.5. The van der Waals surface area contributed by atoms with E-state index < -0.39 is 11.9 Å². The molecule has 0 saturated heterocycles. The van der Waals surface area contributed by atoms with Gasteiger partial charge in [-0.15, -0.1) is 0 Å². The number of esters is 2. The highest BCUT2D eigenvalue weighted by molar-refractivity contribution is 6.00. The summed E-state index contributed by atoms with van der Waals surface area (Å²) in [5, 5.41) is 0. The molecule has 0 atom stereocenters. The number of carbonyl (C=O) groups is 2. The molecule has 0 spiro atoms. The molecule has 0 aliphatic carbocycles. The lowest BCUT2D eigenvalue weighted by molar-refractivity contribution is 0.0505. The molecule has 0 fully saturated rings.